The van der Waals surface area contributed by atoms with E-state index in [1.807, 2.05) is 31.2 Å². The van der Waals surface area contributed by atoms with Gasteiger partial charge in [0.1, 0.15) is 0 Å². The van der Waals surface area contributed by atoms with E-state index in [0.717, 1.165) is 40.5 Å². The Hall–Kier alpha value is -0.880. The predicted molar refractivity (Wildman–Crippen MR) is 107 cm³/mol. The summed E-state index contributed by atoms with van der Waals surface area (Å²) < 4.78 is 0.954. The van der Waals surface area contributed by atoms with Crippen LogP contribution in [0.4, 0.5) is 0 Å². The van der Waals surface area contributed by atoms with Gasteiger partial charge in [-0.15, -0.1) is 24.8 Å². The minimum Gasteiger partial charge on any atom is -0.349 e. The van der Waals surface area contributed by atoms with Crippen molar-refractivity contribution in [3.8, 4) is 0 Å². The van der Waals surface area contributed by atoms with E-state index < -0.39 is 0 Å². The van der Waals surface area contributed by atoms with Crippen molar-refractivity contribution >= 4 is 57.6 Å². The molecule has 4 nitrogen and oxygen atoms in total. The molecule has 2 heterocycles. The minimum atomic E-state index is -0.00676. The van der Waals surface area contributed by atoms with Gasteiger partial charge < -0.3 is 10.6 Å². The number of benzene rings is 1. The highest BCUT2D eigenvalue weighted by molar-refractivity contribution is 9.10. The number of piperidine rings is 1. The van der Waals surface area contributed by atoms with Gasteiger partial charge in [0.2, 0.25) is 0 Å². The number of hydrogen-bond acceptors (Lipinski definition) is 3. The molecule has 1 fully saturated rings. The van der Waals surface area contributed by atoms with Crippen LogP contribution in [-0.2, 0) is 0 Å². The first-order valence-electron chi connectivity index (χ1n) is 7.64. The van der Waals surface area contributed by atoms with E-state index >= 15 is 0 Å². The number of aryl methyl sites for hydroxylation is 1. The Balaban J connectivity index is 0.00000144. The minimum absolute atomic E-state index is 0. The smallest absolute Gasteiger partial charge is 0.252 e. The third-order valence-corrected chi connectivity index (χ3v) is 4.60. The molecule has 1 saturated heterocycles. The summed E-state index contributed by atoms with van der Waals surface area (Å²) in [5, 5.41) is 7.47. The van der Waals surface area contributed by atoms with Crippen molar-refractivity contribution in [1.82, 2.24) is 15.6 Å². The largest absolute Gasteiger partial charge is 0.349 e. The Morgan fingerprint density at radius 1 is 1.33 bits per heavy atom. The fraction of sp³-hybridized carbons (Fsp3) is 0.412. The van der Waals surface area contributed by atoms with Crippen LogP contribution in [0.2, 0.25) is 0 Å². The summed E-state index contributed by atoms with van der Waals surface area (Å²) in [6.07, 6.45) is 1.94. The maximum atomic E-state index is 12.7. The number of nitrogens with zero attached hydrogens (tertiary/aromatic N) is 1. The first-order chi connectivity index (χ1) is 10.5. The second-order valence-corrected chi connectivity index (χ2v) is 6.94. The standard InChI is InChI=1S/C17H20BrN3O.2ClH/c1-10-7-13(5-6-19-10)21-17(22)15-8-11(2)20-16-4-3-12(18)9-14(15)16;;/h3-4,8-10,13,19H,5-7H2,1-2H3,(H,21,22);2*1H. The fourth-order valence-electron chi connectivity index (χ4n) is 3.04. The highest BCUT2D eigenvalue weighted by Crippen LogP contribution is 2.23. The molecule has 2 atom stereocenters. The Morgan fingerprint density at radius 3 is 2.79 bits per heavy atom. The molecule has 1 amide bonds. The average molecular weight is 435 g/mol. The fourth-order valence-corrected chi connectivity index (χ4v) is 3.41. The molecular formula is C17H22BrCl2N3O. The monoisotopic (exact) mass is 433 g/mol. The summed E-state index contributed by atoms with van der Waals surface area (Å²) in [4.78, 5) is 17.2. The van der Waals surface area contributed by atoms with E-state index in [1.54, 1.807) is 0 Å². The average Bonchev–Trinajstić information content (AvgIpc) is 2.47. The Bertz CT molecular complexity index is 726. The lowest BCUT2D eigenvalue weighted by atomic mass is 9.99. The van der Waals surface area contributed by atoms with E-state index in [1.165, 1.54) is 0 Å². The van der Waals surface area contributed by atoms with E-state index in [2.05, 4.69) is 38.5 Å². The molecular weight excluding hydrogens is 413 g/mol. The van der Waals surface area contributed by atoms with Crippen LogP contribution in [0.5, 0.6) is 0 Å². The zero-order chi connectivity index (χ0) is 15.7. The number of aromatic nitrogens is 1. The number of nitrogens with one attached hydrogen (secondary N) is 2. The Labute approximate surface area is 163 Å². The van der Waals surface area contributed by atoms with Crippen LogP contribution in [0, 0.1) is 6.92 Å². The summed E-state index contributed by atoms with van der Waals surface area (Å²) >= 11 is 3.47. The van der Waals surface area contributed by atoms with E-state index in [-0.39, 0.29) is 36.8 Å². The molecule has 0 radical (unpaired) electrons. The molecule has 1 aromatic heterocycles. The Kier molecular flexibility index (Phi) is 7.93. The van der Waals surface area contributed by atoms with E-state index in [0.29, 0.717) is 11.6 Å². The molecule has 3 rings (SSSR count). The summed E-state index contributed by atoms with van der Waals surface area (Å²) in [7, 11) is 0. The van der Waals surface area contributed by atoms with Gasteiger partial charge in [-0.1, -0.05) is 15.9 Å². The molecule has 0 spiro atoms. The van der Waals surface area contributed by atoms with Crippen molar-refractivity contribution in [2.75, 3.05) is 6.54 Å². The Morgan fingerprint density at radius 2 is 2.08 bits per heavy atom. The molecule has 1 aromatic carbocycles. The third-order valence-electron chi connectivity index (χ3n) is 4.10. The van der Waals surface area contributed by atoms with Crippen molar-refractivity contribution in [2.45, 2.75) is 38.8 Å². The molecule has 24 heavy (non-hydrogen) atoms. The highest BCUT2D eigenvalue weighted by Gasteiger charge is 2.21. The molecule has 0 bridgehead atoms. The first kappa shape index (κ1) is 21.2. The lowest BCUT2D eigenvalue weighted by Crippen LogP contribution is -2.46. The second-order valence-electron chi connectivity index (χ2n) is 6.02. The van der Waals surface area contributed by atoms with Crippen LogP contribution in [-0.4, -0.2) is 29.5 Å². The molecule has 1 aliphatic heterocycles. The molecule has 1 aliphatic rings. The maximum Gasteiger partial charge on any atom is 0.252 e. The quantitative estimate of drug-likeness (QED) is 0.750. The zero-order valence-electron chi connectivity index (χ0n) is 13.6. The summed E-state index contributed by atoms with van der Waals surface area (Å²) in [5.41, 5.74) is 2.42. The maximum absolute atomic E-state index is 12.7. The van der Waals surface area contributed by atoms with E-state index in [4.69, 9.17) is 0 Å². The van der Waals surface area contributed by atoms with Crippen molar-refractivity contribution in [3.63, 3.8) is 0 Å². The number of halogens is 3. The van der Waals surface area contributed by atoms with E-state index in [9.17, 15) is 4.79 Å². The van der Waals surface area contributed by atoms with Gasteiger partial charge in [0.15, 0.2) is 0 Å². The molecule has 2 unspecified atom stereocenters. The van der Waals surface area contributed by atoms with Crippen LogP contribution in [0.15, 0.2) is 28.7 Å². The van der Waals surface area contributed by atoms with Gasteiger partial charge in [0.05, 0.1) is 11.1 Å². The lowest BCUT2D eigenvalue weighted by molar-refractivity contribution is 0.0927. The number of carbonyl (C=O) groups is 1. The van der Waals surface area contributed by atoms with Gasteiger partial charge in [-0.05, 0) is 57.5 Å². The van der Waals surface area contributed by atoms with Gasteiger partial charge in [-0.25, -0.2) is 0 Å². The van der Waals surface area contributed by atoms with Crippen molar-refractivity contribution in [2.24, 2.45) is 0 Å². The van der Waals surface area contributed by atoms with Crippen LogP contribution < -0.4 is 10.6 Å². The highest BCUT2D eigenvalue weighted by atomic mass is 79.9. The van der Waals surface area contributed by atoms with Crippen LogP contribution in [0.3, 0.4) is 0 Å². The number of fused-ring (bicyclic) bond motifs is 1. The molecule has 2 N–H and O–H groups in total. The van der Waals surface area contributed by atoms with Gasteiger partial charge in [-0.3, -0.25) is 9.78 Å². The zero-order valence-corrected chi connectivity index (χ0v) is 16.9. The first-order valence-corrected chi connectivity index (χ1v) is 8.43. The number of carbonyl (C=O) groups excluding carboxylic acids is 1. The van der Waals surface area contributed by atoms with Crippen LogP contribution in [0.1, 0.15) is 35.8 Å². The lowest BCUT2D eigenvalue weighted by Gasteiger charge is -2.28. The molecule has 2 aromatic rings. The van der Waals surface area contributed by atoms with Crippen molar-refractivity contribution < 1.29 is 4.79 Å². The van der Waals surface area contributed by atoms with Crippen LogP contribution >= 0.6 is 40.7 Å². The number of hydrogen-bond donors (Lipinski definition) is 2. The van der Waals surface area contributed by atoms with Crippen molar-refractivity contribution in [3.05, 3.63) is 40.0 Å². The van der Waals surface area contributed by atoms with Gasteiger partial charge in [0, 0.05) is 27.6 Å². The molecule has 0 aliphatic carbocycles. The molecule has 132 valence electrons. The van der Waals surface area contributed by atoms with Crippen molar-refractivity contribution in [1.29, 1.82) is 0 Å². The summed E-state index contributed by atoms with van der Waals surface area (Å²) in [5.74, 6) is -0.00676. The van der Waals surface area contributed by atoms with Gasteiger partial charge >= 0.3 is 0 Å². The normalized spacial score (nSPS) is 20.0. The third kappa shape index (κ3) is 4.82. The summed E-state index contributed by atoms with van der Waals surface area (Å²) in [6.45, 7) is 5.03. The van der Waals surface area contributed by atoms with Crippen LogP contribution in [0.25, 0.3) is 10.9 Å². The molecule has 7 heteroatoms. The number of amides is 1. The number of rotatable bonds is 2. The second kappa shape index (κ2) is 8.99. The number of pyridine rings is 1. The SMILES string of the molecule is Cc1cc(C(=O)NC2CCNC(C)C2)c2cc(Br)ccc2n1.Cl.Cl. The topological polar surface area (TPSA) is 54.0 Å². The predicted octanol–water partition coefficient (Wildman–Crippen LogP) is 4.02. The van der Waals surface area contributed by atoms with Gasteiger partial charge in [0.25, 0.3) is 5.91 Å². The summed E-state index contributed by atoms with van der Waals surface area (Å²) in [6, 6.07) is 8.40. The van der Waals surface area contributed by atoms with Gasteiger partial charge in [-0.2, -0.15) is 0 Å². The molecule has 0 saturated carbocycles.